The summed E-state index contributed by atoms with van der Waals surface area (Å²) >= 11 is 6.30. The van der Waals surface area contributed by atoms with E-state index in [1.54, 1.807) is 13.8 Å². The third-order valence-corrected chi connectivity index (χ3v) is 6.24. The maximum atomic E-state index is 12.9. The number of nitrogens with one attached hydrogen (secondary N) is 1. The number of halogens is 1. The molecule has 7 nitrogen and oxygen atoms in total. The molecule has 0 fully saturated rings. The summed E-state index contributed by atoms with van der Waals surface area (Å²) in [7, 11) is -3.98. The van der Waals surface area contributed by atoms with Crippen molar-refractivity contribution in [2.24, 2.45) is 0 Å². The standard InChI is InChI=1S/C20H16ClN3O4S/c1-12-13(2)23-28-20(12)24-29(25,26)19-4-3-7-22-18(19)6-5-14-8-15-10-27-11-16(15)9-17(14)21/h3-4,7-9,24H,10-11H2,1-2H3. The molecule has 0 saturated carbocycles. The summed E-state index contributed by atoms with van der Waals surface area (Å²) in [6, 6.07) is 6.63. The minimum absolute atomic E-state index is 0.0620. The average molecular weight is 430 g/mol. The van der Waals surface area contributed by atoms with Crippen LogP contribution in [0.1, 0.15) is 33.6 Å². The van der Waals surface area contributed by atoms with Crippen LogP contribution in [-0.4, -0.2) is 18.6 Å². The van der Waals surface area contributed by atoms with Crippen LogP contribution in [-0.2, 0) is 28.0 Å². The lowest BCUT2D eigenvalue weighted by atomic mass is 10.1. The molecule has 29 heavy (non-hydrogen) atoms. The van der Waals surface area contributed by atoms with Gasteiger partial charge in [0, 0.05) is 17.3 Å². The van der Waals surface area contributed by atoms with E-state index in [-0.39, 0.29) is 16.5 Å². The molecule has 1 aliphatic rings. The summed E-state index contributed by atoms with van der Waals surface area (Å²) in [5.74, 6) is 5.81. The van der Waals surface area contributed by atoms with Gasteiger partial charge in [-0.2, -0.15) is 0 Å². The summed E-state index contributed by atoms with van der Waals surface area (Å²) in [5, 5.41) is 4.24. The highest BCUT2D eigenvalue weighted by Crippen LogP contribution is 2.27. The lowest BCUT2D eigenvalue weighted by molar-refractivity contribution is 0.134. The van der Waals surface area contributed by atoms with Gasteiger partial charge in [0.1, 0.15) is 10.6 Å². The molecule has 9 heteroatoms. The number of benzene rings is 1. The van der Waals surface area contributed by atoms with E-state index in [2.05, 4.69) is 26.7 Å². The van der Waals surface area contributed by atoms with Crippen LogP contribution in [0, 0.1) is 25.7 Å². The van der Waals surface area contributed by atoms with E-state index in [4.69, 9.17) is 20.9 Å². The van der Waals surface area contributed by atoms with Crippen LogP contribution >= 0.6 is 11.6 Å². The Morgan fingerprint density at radius 1 is 1.17 bits per heavy atom. The van der Waals surface area contributed by atoms with Gasteiger partial charge in [-0.05, 0) is 55.2 Å². The van der Waals surface area contributed by atoms with Crippen LogP contribution in [0.3, 0.4) is 0 Å². The number of hydrogen-bond donors (Lipinski definition) is 1. The number of fused-ring (bicyclic) bond motifs is 1. The molecule has 1 N–H and O–H groups in total. The molecule has 0 aliphatic carbocycles. The fourth-order valence-corrected chi connectivity index (χ4v) is 4.20. The first kappa shape index (κ1) is 19.5. The van der Waals surface area contributed by atoms with Crippen LogP contribution in [0.5, 0.6) is 0 Å². The van der Waals surface area contributed by atoms with Crippen molar-refractivity contribution in [1.29, 1.82) is 0 Å². The molecule has 0 bridgehead atoms. The van der Waals surface area contributed by atoms with E-state index >= 15 is 0 Å². The van der Waals surface area contributed by atoms with E-state index in [9.17, 15) is 8.42 Å². The molecule has 3 aromatic rings. The van der Waals surface area contributed by atoms with Gasteiger partial charge in [-0.1, -0.05) is 22.7 Å². The summed E-state index contributed by atoms with van der Waals surface area (Å²) in [5.41, 5.74) is 3.94. The molecule has 0 unspecified atom stereocenters. The van der Waals surface area contributed by atoms with Gasteiger partial charge in [0.05, 0.1) is 23.9 Å². The van der Waals surface area contributed by atoms with E-state index < -0.39 is 10.0 Å². The molecule has 0 atom stereocenters. The Balaban J connectivity index is 1.70. The number of hydrogen-bond acceptors (Lipinski definition) is 6. The largest absolute Gasteiger partial charge is 0.372 e. The lowest BCUT2D eigenvalue weighted by Gasteiger charge is -2.07. The number of nitrogens with zero attached hydrogens (tertiary/aromatic N) is 2. The van der Waals surface area contributed by atoms with Gasteiger partial charge in [-0.3, -0.25) is 0 Å². The number of aryl methyl sites for hydroxylation is 1. The lowest BCUT2D eigenvalue weighted by Crippen LogP contribution is -2.15. The van der Waals surface area contributed by atoms with Crippen LogP contribution in [0.15, 0.2) is 39.9 Å². The Labute approximate surface area is 173 Å². The van der Waals surface area contributed by atoms with Crippen LogP contribution in [0.4, 0.5) is 5.88 Å². The van der Waals surface area contributed by atoms with Crippen molar-refractivity contribution >= 4 is 27.5 Å². The zero-order valence-corrected chi connectivity index (χ0v) is 17.2. The monoisotopic (exact) mass is 429 g/mol. The molecule has 0 radical (unpaired) electrons. The molecule has 0 spiro atoms. The molecular formula is C20H16ClN3O4S. The Morgan fingerprint density at radius 3 is 2.66 bits per heavy atom. The topological polar surface area (TPSA) is 94.3 Å². The van der Waals surface area contributed by atoms with E-state index in [0.717, 1.165) is 11.1 Å². The normalized spacial score (nSPS) is 12.9. The predicted octanol–water partition coefficient (Wildman–Crippen LogP) is 3.57. The van der Waals surface area contributed by atoms with E-state index in [1.807, 2.05) is 12.1 Å². The number of sulfonamides is 1. The second-order valence-electron chi connectivity index (χ2n) is 6.52. The maximum absolute atomic E-state index is 12.9. The van der Waals surface area contributed by atoms with Crippen molar-refractivity contribution in [2.75, 3.05) is 4.72 Å². The Morgan fingerprint density at radius 2 is 1.93 bits per heavy atom. The quantitative estimate of drug-likeness (QED) is 0.639. The summed E-state index contributed by atoms with van der Waals surface area (Å²) in [4.78, 5) is 4.06. The molecule has 1 aromatic carbocycles. The van der Waals surface area contributed by atoms with Gasteiger partial charge in [0.15, 0.2) is 0 Å². The van der Waals surface area contributed by atoms with Gasteiger partial charge in [0.2, 0.25) is 5.88 Å². The van der Waals surface area contributed by atoms with Gasteiger partial charge >= 0.3 is 0 Å². The number of ether oxygens (including phenoxy) is 1. The van der Waals surface area contributed by atoms with Crippen molar-refractivity contribution in [2.45, 2.75) is 32.0 Å². The zero-order valence-electron chi connectivity index (χ0n) is 15.6. The number of anilines is 1. The van der Waals surface area contributed by atoms with Gasteiger partial charge in [-0.25, -0.2) is 18.1 Å². The highest BCUT2D eigenvalue weighted by atomic mass is 35.5. The van der Waals surface area contributed by atoms with Crippen molar-refractivity contribution in [1.82, 2.24) is 10.1 Å². The Hall–Kier alpha value is -2.86. The third-order valence-electron chi connectivity index (χ3n) is 4.56. The second-order valence-corrected chi connectivity index (χ2v) is 8.58. The molecule has 3 heterocycles. The summed E-state index contributed by atoms with van der Waals surface area (Å²) in [6.07, 6.45) is 1.48. The molecule has 0 amide bonds. The first-order valence-electron chi connectivity index (χ1n) is 8.67. The molecule has 0 saturated heterocycles. The molecule has 1 aliphatic heterocycles. The molecule has 148 valence electrons. The molecular weight excluding hydrogens is 414 g/mol. The summed E-state index contributed by atoms with van der Waals surface area (Å²) in [6.45, 7) is 4.47. The highest BCUT2D eigenvalue weighted by Gasteiger charge is 2.22. The minimum atomic E-state index is -3.98. The van der Waals surface area contributed by atoms with Crippen LogP contribution in [0.2, 0.25) is 5.02 Å². The highest BCUT2D eigenvalue weighted by molar-refractivity contribution is 7.92. The first-order valence-corrected chi connectivity index (χ1v) is 10.5. The van der Waals surface area contributed by atoms with Gasteiger partial charge in [0.25, 0.3) is 10.0 Å². The van der Waals surface area contributed by atoms with Crippen molar-refractivity contribution in [3.05, 3.63) is 69.1 Å². The Kier molecular flexibility index (Phi) is 5.04. The van der Waals surface area contributed by atoms with E-state index in [1.165, 1.54) is 18.3 Å². The number of rotatable bonds is 3. The zero-order chi connectivity index (χ0) is 20.6. The average Bonchev–Trinajstić information content (AvgIpc) is 3.27. The number of pyridine rings is 1. The molecule has 4 rings (SSSR count). The van der Waals surface area contributed by atoms with Crippen molar-refractivity contribution in [3.63, 3.8) is 0 Å². The van der Waals surface area contributed by atoms with Crippen molar-refractivity contribution in [3.8, 4) is 11.8 Å². The minimum Gasteiger partial charge on any atom is -0.372 e. The fourth-order valence-electron chi connectivity index (χ4n) is 2.81. The number of aromatic nitrogens is 2. The third kappa shape index (κ3) is 3.85. The van der Waals surface area contributed by atoms with Crippen molar-refractivity contribution < 1.29 is 17.7 Å². The SMILES string of the molecule is Cc1noc(NS(=O)(=O)c2cccnc2C#Cc2cc3c(cc2Cl)COC3)c1C. The summed E-state index contributed by atoms with van der Waals surface area (Å²) < 4.78 is 38.6. The van der Waals surface area contributed by atoms with Crippen LogP contribution in [0.25, 0.3) is 0 Å². The first-order chi connectivity index (χ1) is 13.8. The molecule has 2 aromatic heterocycles. The van der Waals surface area contributed by atoms with Gasteiger partial charge in [-0.15, -0.1) is 0 Å². The van der Waals surface area contributed by atoms with Crippen LogP contribution < -0.4 is 4.72 Å². The smallest absolute Gasteiger partial charge is 0.267 e. The van der Waals surface area contributed by atoms with Gasteiger partial charge < -0.3 is 9.26 Å². The fraction of sp³-hybridized carbons (Fsp3) is 0.200. The second kappa shape index (κ2) is 7.52. The Bertz CT molecular complexity index is 1270. The predicted molar refractivity (Wildman–Crippen MR) is 107 cm³/mol. The van der Waals surface area contributed by atoms with E-state index in [0.29, 0.717) is 35.1 Å². The maximum Gasteiger partial charge on any atom is 0.267 e.